The standard InChI is InChI=1S/C19H22N2O4S/c1-12-9-15(26(23,24)21(3)4)11-16(13(12)2)20-19(22)18-10-14-7-5-6-8-17(14)25-18/h5-9,11,18H,10H2,1-4H3,(H,20,22). The van der Waals surface area contributed by atoms with Gasteiger partial charge in [0.2, 0.25) is 10.0 Å². The molecule has 1 aliphatic rings. The Labute approximate surface area is 153 Å². The minimum absolute atomic E-state index is 0.150. The number of carbonyl (C=O) groups is 1. The second-order valence-corrected chi connectivity index (χ2v) is 8.76. The molecule has 0 spiro atoms. The Morgan fingerprint density at radius 1 is 1.19 bits per heavy atom. The van der Waals surface area contributed by atoms with Crippen molar-refractivity contribution >= 4 is 21.6 Å². The SMILES string of the molecule is Cc1cc(S(=O)(=O)N(C)C)cc(NC(=O)C2Cc3ccccc3O2)c1C. The summed E-state index contributed by atoms with van der Waals surface area (Å²) in [5.41, 5.74) is 3.09. The first-order valence-electron chi connectivity index (χ1n) is 8.29. The van der Waals surface area contributed by atoms with Gasteiger partial charge in [0, 0.05) is 26.2 Å². The molecule has 0 saturated carbocycles. The summed E-state index contributed by atoms with van der Waals surface area (Å²) >= 11 is 0. The lowest BCUT2D eigenvalue weighted by Crippen LogP contribution is -2.32. The van der Waals surface area contributed by atoms with E-state index in [0.29, 0.717) is 17.9 Å². The van der Waals surface area contributed by atoms with Crippen molar-refractivity contribution in [1.29, 1.82) is 0 Å². The molecule has 1 N–H and O–H groups in total. The zero-order chi connectivity index (χ0) is 19.1. The number of amides is 1. The van der Waals surface area contributed by atoms with Gasteiger partial charge in [-0.2, -0.15) is 0 Å². The van der Waals surface area contributed by atoms with Crippen molar-refractivity contribution in [3.8, 4) is 5.75 Å². The second-order valence-electron chi connectivity index (χ2n) is 6.61. The van der Waals surface area contributed by atoms with Crippen molar-refractivity contribution in [3.63, 3.8) is 0 Å². The van der Waals surface area contributed by atoms with Crippen LogP contribution in [0.2, 0.25) is 0 Å². The molecule has 7 heteroatoms. The molecule has 1 aliphatic heterocycles. The van der Waals surface area contributed by atoms with Gasteiger partial charge in [0.1, 0.15) is 5.75 Å². The van der Waals surface area contributed by atoms with E-state index in [-0.39, 0.29) is 10.8 Å². The Hall–Kier alpha value is -2.38. The summed E-state index contributed by atoms with van der Waals surface area (Å²) in [6, 6.07) is 10.7. The molecule has 6 nitrogen and oxygen atoms in total. The van der Waals surface area contributed by atoms with E-state index >= 15 is 0 Å². The molecule has 2 aromatic carbocycles. The highest BCUT2D eigenvalue weighted by atomic mass is 32.2. The fourth-order valence-electron chi connectivity index (χ4n) is 2.86. The smallest absolute Gasteiger partial charge is 0.265 e. The Kier molecular flexibility index (Phi) is 4.77. The number of sulfonamides is 1. The minimum Gasteiger partial charge on any atom is -0.480 e. The number of hydrogen-bond donors (Lipinski definition) is 1. The number of carbonyl (C=O) groups excluding carboxylic acids is 1. The molecule has 138 valence electrons. The molecular formula is C19H22N2O4S. The van der Waals surface area contributed by atoms with E-state index in [9.17, 15) is 13.2 Å². The molecule has 1 atom stereocenters. The van der Waals surface area contributed by atoms with E-state index in [0.717, 1.165) is 21.0 Å². The van der Waals surface area contributed by atoms with Crippen molar-refractivity contribution in [3.05, 3.63) is 53.1 Å². The van der Waals surface area contributed by atoms with Crippen molar-refractivity contribution in [1.82, 2.24) is 4.31 Å². The molecule has 1 unspecified atom stereocenters. The molecular weight excluding hydrogens is 352 g/mol. The second kappa shape index (κ2) is 6.74. The van der Waals surface area contributed by atoms with E-state index in [1.807, 2.05) is 38.1 Å². The molecule has 2 aromatic rings. The number of para-hydroxylation sites is 1. The van der Waals surface area contributed by atoms with Crippen LogP contribution in [0.3, 0.4) is 0 Å². The van der Waals surface area contributed by atoms with E-state index in [1.54, 1.807) is 6.07 Å². The fraction of sp³-hybridized carbons (Fsp3) is 0.316. The quantitative estimate of drug-likeness (QED) is 0.892. The first-order chi connectivity index (χ1) is 12.2. The highest BCUT2D eigenvalue weighted by Crippen LogP contribution is 2.30. The van der Waals surface area contributed by atoms with E-state index in [1.165, 1.54) is 20.2 Å². The van der Waals surface area contributed by atoms with Gasteiger partial charge < -0.3 is 10.1 Å². The van der Waals surface area contributed by atoms with Gasteiger partial charge in [-0.05, 0) is 48.7 Å². The van der Waals surface area contributed by atoms with Crippen molar-refractivity contribution < 1.29 is 17.9 Å². The van der Waals surface area contributed by atoms with Crippen molar-refractivity contribution in [2.24, 2.45) is 0 Å². The Morgan fingerprint density at radius 3 is 2.54 bits per heavy atom. The third-order valence-corrected chi connectivity index (χ3v) is 6.41. The highest BCUT2D eigenvalue weighted by molar-refractivity contribution is 7.89. The Bertz CT molecular complexity index is 942. The average Bonchev–Trinajstić information content (AvgIpc) is 3.02. The van der Waals surface area contributed by atoms with Crippen LogP contribution in [0.5, 0.6) is 5.75 Å². The number of benzene rings is 2. The predicted molar refractivity (Wildman–Crippen MR) is 100.0 cm³/mol. The van der Waals surface area contributed by atoms with Crippen LogP contribution in [-0.2, 0) is 21.2 Å². The number of fused-ring (bicyclic) bond motifs is 1. The molecule has 0 fully saturated rings. The molecule has 0 bridgehead atoms. The molecule has 0 aromatic heterocycles. The van der Waals surface area contributed by atoms with Crippen LogP contribution >= 0.6 is 0 Å². The summed E-state index contributed by atoms with van der Waals surface area (Å²) in [6.45, 7) is 3.67. The maximum Gasteiger partial charge on any atom is 0.265 e. The predicted octanol–water partition coefficient (Wildman–Crippen LogP) is 2.50. The number of ether oxygens (including phenoxy) is 1. The lowest BCUT2D eigenvalue weighted by molar-refractivity contribution is -0.122. The molecule has 1 heterocycles. The topological polar surface area (TPSA) is 75.7 Å². The maximum absolute atomic E-state index is 12.6. The zero-order valence-electron chi connectivity index (χ0n) is 15.2. The van der Waals surface area contributed by atoms with Crippen LogP contribution in [-0.4, -0.2) is 38.8 Å². The summed E-state index contributed by atoms with van der Waals surface area (Å²) in [5, 5.41) is 2.83. The van der Waals surface area contributed by atoms with Gasteiger partial charge in [-0.3, -0.25) is 4.79 Å². The average molecular weight is 374 g/mol. The first-order valence-corrected chi connectivity index (χ1v) is 9.73. The summed E-state index contributed by atoms with van der Waals surface area (Å²) in [4.78, 5) is 12.8. The Balaban J connectivity index is 1.86. The minimum atomic E-state index is -3.59. The third kappa shape index (κ3) is 3.32. The van der Waals surface area contributed by atoms with Gasteiger partial charge >= 0.3 is 0 Å². The molecule has 0 saturated heterocycles. The van der Waals surface area contributed by atoms with Gasteiger partial charge in [0.25, 0.3) is 5.91 Å². The summed E-state index contributed by atoms with van der Waals surface area (Å²) < 4.78 is 31.7. The van der Waals surface area contributed by atoms with Gasteiger partial charge in [-0.15, -0.1) is 0 Å². The third-order valence-electron chi connectivity index (χ3n) is 4.62. The number of rotatable bonds is 4. The molecule has 1 amide bonds. The number of anilines is 1. The van der Waals surface area contributed by atoms with Crippen molar-refractivity contribution in [2.75, 3.05) is 19.4 Å². The van der Waals surface area contributed by atoms with E-state index in [4.69, 9.17) is 4.74 Å². The zero-order valence-corrected chi connectivity index (χ0v) is 16.1. The van der Waals surface area contributed by atoms with Gasteiger partial charge in [0.15, 0.2) is 6.10 Å². The van der Waals surface area contributed by atoms with Crippen LogP contribution in [0.15, 0.2) is 41.3 Å². The summed E-state index contributed by atoms with van der Waals surface area (Å²) in [6.07, 6.45) is -0.128. The molecule has 3 rings (SSSR count). The normalized spacial score (nSPS) is 16.3. The van der Waals surface area contributed by atoms with Crippen LogP contribution < -0.4 is 10.1 Å². The molecule has 0 radical (unpaired) electrons. The number of nitrogens with zero attached hydrogens (tertiary/aromatic N) is 1. The van der Waals surface area contributed by atoms with Gasteiger partial charge in [-0.25, -0.2) is 12.7 Å². The van der Waals surface area contributed by atoms with Crippen LogP contribution in [0.25, 0.3) is 0 Å². The maximum atomic E-state index is 12.6. The van der Waals surface area contributed by atoms with Gasteiger partial charge in [-0.1, -0.05) is 18.2 Å². The monoisotopic (exact) mass is 374 g/mol. The molecule has 26 heavy (non-hydrogen) atoms. The van der Waals surface area contributed by atoms with E-state index < -0.39 is 16.1 Å². The number of aryl methyl sites for hydroxylation is 1. The summed E-state index contributed by atoms with van der Waals surface area (Å²) in [7, 11) is -0.629. The van der Waals surface area contributed by atoms with Gasteiger partial charge in [0.05, 0.1) is 4.90 Å². The highest BCUT2D eigenvalue weighted by Gasteiger charge is 2.29. The van der Waals surface area contributed by atoms with Crippen molar-refractivity contribution in [2.45, 2.75) is 31.3 Å². The van der Waals surface area contributed by atoms with Crippen LogP contribution in [0, 0.1) is 13.8 Å². The molecule has 0 aliphatic carbocycles. The van der Waals surface area contributed by atoms with E-state index in [2.05, 4.69) is 5.32 Å². The number of hydrogen-bond acceptors (Lipinski definition) is 4. The summed E-state index contributed by atoms with van der Waals surface area (Å²) in [5.74, 6) is 0.424. The lowest BCUT2D eigenvalue weighted by Gasteiger charge is -2.17. The first kappa shape index (κ1) is 18.4. The fourth-order valence-corrected chi connectivity index (χ4v) is 3.87. The largest absolute Gasteiger partial charge is 0.480 e. The van der Waals surface area contributed by atoms with Crippen LogP contribution in [0.1, 0.15) is 16.7 Å². The van der Waals surface area contributed by atoms with Crippen LogP contribution in [0.4, 0.5) is 5.69 Å². The lowest BCUT2D eigenvalue weighted by atomic mass is 10.1. The Morgan fingerprint density at radius 2 is 1.88 bits per heavy atom. The number of nitrogens with one attached hydrogen (secondary N) is 1.